The predicted molar refractivity (Wildman–Crippen MR) is 374 cm³/mol. The lowest BCUT2D eigenvalue weighted by Crippen LogP contribution is -2.72. The number of hydrogen-bond acceptors (Lipinski definition) is 17. The summed E-state index contributed by atoms with van der Waals surface area (Å²) in [5.41, 5.74) is 0. The van der Waals surface area contributed by atoms with Crippen LogP contribution >= 0.6 is 0 Å². The van der Waals surface area contributed by atoms with E-state index in [1.807, 2.05) is 52.4 Å². The van der Waals surface area contributed by atoms with Crippen molar-refractivity contribution in [3.63, 3.8) is 0 Å². The van der Waals surface area contributed by atoms with Crippen molar-refractivity contribution in [2.24, 2.45) is 0 Å². The van der Waals surface area contributed by atoms with E-state index in [0.717, 1.165) is 0 Å². The van der Waals surface area contributed by atoms with Crippen LogP contribution in [0.25, 0.3) is 0 Å². The van der Waals surface area contributed by atoms with Crippen molar-refractivity contribution in [3.05, 3.63) is 0 Å². The summed E-state index contributed by atoms with van der Waals surface area (Å²) in [6.07, 6.45) is 0. The van der Waals surface area contributed by atoms with Gasteiger partial charge in [-0.3, -0.25) is 0 Å². The molecule has 0 saturated heterocycles. The average Bonchev–Trinajstić information content (AvgIpc) is 2.86. The van der Waals surface area contributed by atoms with E-state index >= 15 is 0 Å². The Labute approximate surface area is 502 Å². The minimum atomic E-state index is -4.31. The first kappa shape index (κ1) is 83.5. The molecule has 0 aromatic carbocycles. The summed E-state index contributed by atoms with van der Waals surface area (Å²) in [5.74, 6) is 0. The van der Waals surface area contributed by atoms with Gasteiger partial charge in [-0.1, -0.05) is 0 Å². The molecular formula is C42H126O17Si19. The third-order valence-corrected chi connectivity index (χ3v) is 72.0. The fourth-order valence-electron chi connectivity index (χ4n) is 9.68. The molecule has 0 rings (SSSR count). The van der Waals surface area contributed by atoms with Gasteiger partial charge >= 0.3 is 95.1 Å². The molecule has 0 N–H and O–H groups in total. The third-order valence-electron chi connectivity index (χ3n) is 7.99. The highest BCUT2D eigenvalue weighted by Gasteiger charge is 2.65. The van der Waals surface area contributed by atoms with Gasteiger partial charge in [0, 0.05) is 13.1 Å². The Hall–Kier alpha value is 3.44. The van der Waals surface area contributed by atoms with Gasteiger partial charge in [0.1, 0.15) is 0 Å². The molecule has 0 radical (unpaired) electrons. The topological polar surface area (TPSA) is 157 Å². The summed E-state index contributed by atoms with van der Waals surface area (Å²) in [7, 11) is -48.8. The van der Waals surface area contributed by atoms with Crippen LogP contribution in [0, 0.1) is 0 Å². The Balaban J connectivity index is 0. The van der Waals surface area contributed by atoms with Gasteiger partial charge in [-0.05, 0) is 262 Å². The summed E-state index contributed by atoms with van der Waals surface area (Å²) < 4.78 is 117. The zero-order chi connectivity index (χ0) is 63.5. The van der Waals surface area contributed by atoms with E-state index in [-0.39, 0.29) is 0 Å². The maximum atomic E-state index is 7.40. The van der Waals surface area contributed by atoms with Gasteiger partial charge in [0.15, 0.2) is 66.5 Å². The molecule has 0 aliphatic heterocycles. The lowest BCUT2D eigenvalue weighted by atomic mass is 11.8. The highest BCUT2D eigenvalue weighted by Crippen LogP contribution is 2.37. The van der Waals surface area contributed by atoms with Crippen LogP contribution in [0.15, 0.2) is 0 Å². The van der Waals surface area contributed by atoms with E-state index in [1.165, 1.54) is 0 Å². The molecule has 0 atom stereocenters. The summed E-state index contributed by atoms with van der Waals surface area (Å²) in [4.78, 5) is 0. The average molecular weight is 1440 g/mol. The molecule has 0 aliphatic rings. The van der Waals surface area contributed by atoms with E-state index in [4.69, 9.17) is 70.0 Å². The highest BCUT2D eigenvalue weighted by molar-refractivity contribution is 6.97. The molecule has 0 unspecified atom stereocenters. The smallest absolute Gasteiger partial charge is 0.437 e. The number of rotatable bonds is 34. The van der Waals surface area contributed by atoms with Crippen LogP contribution in [0.2, 0.25) is 275 Å². The monoisotopic (exact) mass is 1430 g/mol. The minimum absolute atomic E-state index is 1.76. The van der Waals surface area contributed by atoms with Crippen molar-refractivity contribution in [3.8, 4) is 0 Å². The second-order valence-electron chi connectivity index (χ2n) is 32.1. The van der Waals surface area contributed by atoms with Crippen molar-refractivity contribution in [2.75, 3.05) is 0 Å². The third kappa shape index (κ3) is 44.0. The molecule has 0 heterocycles. The van der Waals surface area contributed by atoms with Gasteiger partial charge in [0.05, 0.1) is 0 Å². The van der Waals surface area contributed by atoms with E-state index in [2.05, 4.69) is 223 Å². The van der Waals surface area contributed by atoms with Crippen LogP contribution in [0.3, 0.4) is 0 Å². The molecule has 0 aromatic heterocycles. The van der Waals surface area contributed by atoms with Crippen LogP contribution in [-0.4, -0.2) is 162 Å². The zero-order valence-electron chi connectivity index (χ0n) is 58.4. The Morgan fingerprint density at radius 2 is 0.218 bits per heavy atom. The molecule has 0 aromatic rings. The molecular weight excluding hydrogens is 1310 g/mol. The molecule has 0 saturated carbocycles. The van der Waals surface area contributed by atoms with E-state index in [1.54, 1.807) is 0 Å². The lowest BCUT2D eigenvalue weighted by molar-refractivity contribution is 0.0799. The van der Waals surface area contributed by atoms with Gasteiger partial charge in [0.2, 0.25) is 0 Å². The normalized spacial score (nSPS) is 15.9. The molecule has 0 spiro atoms. The number of hydrogen-bond donors (Lipinski definition) is 0. The SMILES string of the molecule is C[Si](C)(C)O[Si](C)(C)O[Si](C)(O[Si](C)(C)O[Si](C)(C)C)O[Si](C)(C)O[Si](C)(C)C.C[Si](C)(C)O[Si](C)(C)O[Si](C)(O[Si](C)(C)O[Si](C)(C)C)O[Si](O[Si](C)(C)O[Si](C)(C)C)(O[Si](C)(C)O[Si](C)(C)C)O[Si](C)(C)O[Si](C)(C)C. The summed E-state index contributed by atoms with van der Waals surface area (Å²) >= 11 is 0. The largest absolute Gasteiger partial charge is 0.644 e. The van der Waals surface area contributed by atoms with Crippen molar-refractivity contribution in [1.82, 2.24) is 0 Å². The first-order valence-electron chi connectivity index (χ1n) is 27.9. The Morgan fingerprint density at radius 3 is 0.333 bits per heavy atom. The first-order chi connectivity index (χ1) is 33.0. The Morgan fingerprint density at radius 1 is 0.115 bits per heavy atom. The summed E-state index contributed by atoms with van der Waals surface area (Å²) in [6, 6.07) is 0. The van der Waals surface area contributed by atoms with Gasteiger partial charge in [-0.25, -0.2) is 0 Å². The maximum absolute atomic E-state index is 7.40. The standard InChI is InChI=1S/C26H78O11Si12.C16H48O6Si7/c1-38(2,3)27-43(16,17)32-48(26,33-44(18,19)28-39(4,5)6)37-49(34-45(20,21)29-40(7,8)9,35-46(22,23)30-41(10,11)12)36-47(24,25)31-42(13,14)15;1-23(2,3)17-26(10,11)20-29(16,21-27(12,13)18-24(4,5)6)22-28(14,15)19-25(7,8)9/h1-26H3;1-16H3. The van der Waals surface area contributed by atoms with E-state index in [0.29, 0.717) is 0 Å². The van der Waals surface area contributed by atoms with Crippen LogP contribution < -0.4 is 0 Å². The molecule has 472 valence electrons. The van der Waals surface area contributed by atoms with Gasteiger partial charge in [-0.2, -0.15) is 0 Å². The van der Waals surface area contributed by atoms with Gasteiger partial charge in [0.25, 0.3) is 0 Å². The van der Waals surface area contributed by atoms with Crippen molar-refractivity contribution < 1.29 is 70.0 Å². The molecule has 36 heteroatoms. The van der Waals surface area contributed by atoms with Crippen molar-refractivity contribution >= 4 is 162 Å². The molecule has 0 bridgehead atoms. The van der Waals surface area contributed by atoms with Crippen LogP contribution in [0.4, 0.5) is 0 Å². The zero-order valence-corrected chi connectivity index (χ0v) is 77.4. The van der Waals surface area contributed by atoms with Crippen molar-refractivity contribution in [2.45, 2.75) is 275 Å². The highest BCUT2D eigenvalue weighted by atomic mass is 28.6. The van der Waals surface area contributed by atoms with Crippen LogP contribution in [0.5, 0.6) is 0 Å². The van der Waals surface area contributed by atoms with Gasteiger partial charge in [-0.15, -0.1) is 0 Å². The second-order valence-corrected chi connectivity index (χ2v) is 107. The molecule has 0 amide bonds. The van der Waals surface area contributed by atoms with Crippen molar-refractivity contribution in [1.29, 1.82) is 0 Å². The molecule has 17 nitrogen and oxygen atoms in total. The maximum Gasteiger partial charge on any atom is 0.644 e. The quantitative estimate of drug-likeness (QED) is 0.0560. The second kappa shape index (κ2) is 28.1. The van der Waals surface area contributed by atoms with Gasteiger partial charge < -0.3 is 70.0 Å². The lowest BCUT2D eigenvalue weighted by Gasteiger charge is -2.49. The predicted octanol–water partition coefficient (Wildman–Crippen LogP) is 16.1. The van der Waals surface area contributed by atoms with Crippen LogP contribution in [0.1, 0.15) is 0 Å². The van der Waals surface area contributed by atoms with Crippen LogP contribution in [-0.2, 0) is 70.0 Å². The summed E-state index contributed by atoms with van der Waals surface area (Å²) in [5, 5.41) is 0. The Kier molecular flexibility index (Phi) is 30.1. The fourth-order valence-corrected chi connectivity index (χ4v) is 94.6. The molecule has 78 heavy (non-hydrogen) atoms. The fraction of sp³-hybridized carbons (Fsp3) is 1.00. The molecule has 0 fully saturated rings. The summed E-state index contributed by atoms with van der Waals surface area (Å²) in [6.45, 7) is 89.0. The minimum Gasteiger partial charge on any atom is -0.437 e. The molecule has 0 aliphatic carbocycles. The Bertz CT molecular complexity index is 1660. The first-order valence-corrected chi connectivity index (χ1v) is 83.8. The van der Waals surface area contributed by atoms with E-state index < -0.39 is 162 Å². The van der Waals surface area contributed by atoms with E-state index in [9.17, 15) is 0 Å².